The van der Waals surface area contributed by atoms with E-state index in [1.165, 1.54) is 5.56 Å². The van der Waals surface area contributed by atoms with Crippen molar-refractivity contribution >= 4 is 26.7 Å². The Balaban J connectivity index is 1.74. The first kappa shape index (κ1) is 14.7. The molecule has 1 heterocycles. The Kier molecular flexibility index (Phi) is 4.44. The Labute approximate surface area is 133 Å². The third-order valence-electron chi connectivity index (χ3n) is 3.42. The molecule has 0 bridgehead atoms. The van der Waals surface area contributed by atoms with Crippen LogP contribution >= 0.6 is 11.3 Å². The van der Waals surface area contributed by atoms with Crippen LogP contribution in [0.3, 0.4) is 0 Å². The van der Waals surface area contributed by atoms with E-state index in [9.17, 15) is 0 Å². The number of hydrogen-bond acceptors (Lipinski definition) is 5. The summed E-state index contributed by atoms with van der Waals surface area (Å²) in [7, 11) is 3.30. The minimum absolute atomic E-state index is 0.738. The van der Waals surface area contributed by atoms with E-state index in [1.54, 1.807) is 25.6 Å². The number of benzene rings is 2. The Morgan fingerprint density at radius 3 is 2.64 bits per heavy atom. The Morgan fingerprint density at radius 2 is 1.91 bits per heavy atom. The molecular formula is C17H18N2O2S. The average molecular weight is 314 g/mol. The Hall–Kier alpha value is -2.27. The largest absolute Gasteiger partial charge is 0.497 e. The predicted molar refractivity (Wildman–Crippen MR) is 91.4 cm³/mol. The van der Waals surface area contributed by atoms with Crippen LogP contribution in [-0.2, 0) is 6.42 Å². The zero-order valence-electron chi connectivity index (χ0n) is 12.6. The van der Waals surface area contributed by atoms with Gasteiger partial charge >= 0.3 is 0 Å². The molecule has 3 rings (SSSR count). The average Bonchev–Trinajstić information content (AvgIpc) is 2.97. The van der Waals surface area contributed by atoms with Gasteiger partial charge in [-0.1, -0.05) is 41.7 Å². The molecule has 0 aliphatic rings. The van der Waals surface area contributed by atoms with Crippen molar-refractivity contribution in [1.29, 1.82) is 0 Å². The molecule has 0 saturated heterocycles. The van der Waals surface area contributed by atoms with Crippen LogP contribution in [0.15, 0.2) is 42.5 Å². The van der Waals surface area contributed by atoms with Crippen LogP contribution in [0.5, 0.6) is 11.5 Å². The first-order valence-corrected chi connectivity index (χ1v) is 7.92. The van der Waals surface area contributed by atoms with Gasteiger partial charge in [-0.25, -0.2) is 4.98 Å². The first-order chi connectivity index (χ1) is 10.8. The second-order valence-corrected chi connectivity index (χ2v) is 5.89. The van der Waals surface area contributed by atoms with Crippen molar-refractivity contribution in [1.82, 2.24) is 4.98 Å². The minimum Gasteiger partial charge on any atom is -0.497 e. The van der Waals surface area contributed by atoms with Gasteiger partial charge in [0.25, 0.3) is 0 Å². The first-order valence-electron chi connectivity index (χ1n) is 7.10. The van der Waals surface area contributed by atoms with Crippen LogP contribution in [0.25, 0.3) is 10.2 Å². The maximum atomic E-state index is 5.39. The number of hydrogen-bond donors (Lipinski definition) is 1. The van der Waals surface area contributed by atoms with Crippen LogP contribution in [0.4, 0.5) is 5.13 Å². The number of nitrogens with one attached hydrogen (secondary N) is 1. The van der Waals surface area contributed by atoms with Crippen molar-refractivity contribution in [2.24, 2.45) is 0 Å². The molecule has 0 amide bonds. The van der Waals surface area contributed by atoms with E-state index >= 15 is 0 Å². The zero-order chi connectivity index (χ0) is 15.4. The van der Waals surface area contributed by atoms with Crippen LogP contribution in [0, 0.1) is 0 Å². The molecule has 0 atom stereocenters. The van der Waals surface area contributed by atoms with Gasteiger partial charge in [0.2, 0.25) is 0 Å². The number of fused-ring (bicyclic) bond motifs is 1. The zero-order valence-corrected chi connectivity index (χ0v) is 13.4. The van der Waals surface area contributed by atoms with Gasteiger partial charge in [-0.05, 0) is 18.1 Å². The third kappa shape index (κ3) is 3.14. The van der Waals surface area contributed by atoms with E-state index in [2.05, 4.69) is 34.6 Å². The molecule has 0 radical (unpaired) electrons. The molecule has 1 aromatic heterocycles. The summed E-state index contributed by atoms with van der Waals surface area (Å²) in [6, 6.07) is 14.3. The number of anilines is 1. The van der Waals surface area contributed by atoms with E-state index in [1.807, 2.05) is 18.2 Å². The Morgan fingerprint density at radius 1 is 1.09 bits per heavy atom. The summed E-state index contributed by atoms with van der Waals surface area (Å²) in [6.07, 6.45) is 0.969. The lowest BCUT2D eigenvalue weighted by atomic mass is 10.2. The fraction of sp³-hybridized carbons (Fsp3) is 0.235. The fourth-order valence-electron chi connectivity index (χ4n) is 2.28. The molecule has 0 aliphatic heterocycles. The van der Waals surface area contributed by atoms with Crippen molar-refractivity contribution in [3.63, 3.8) is 0 Å². The summed E-state index contributed by atoms with van der Waals surface area (Å²) < 4.78 is 11.7. The van der Waals surface area contributed by atoms with Crippen LogP contribution in [0.2, 0.25) is 0 Å². The number of nitrogens with zero attached hydrogens (tertiary/aromatic N) is 1. The number of thiazole rings is 1. The highest BCUT2D eigenvalue weighted by Crippen LogP contribution is 2.36. The molecule has 0 spiro atoms. The highest BCUT2D eigenvalue weighted by molar-refractivity contribution is 7.22. The molecule has 2 aromatic carbocycles. The summed E-state index contributed by atoms with van der Waals surface area (Å²) in [4.78, 5) is 4.62. The van der Waals surface area contributed by atoms with E-state index < -0.39 is 0 Å². The molecule has 4 nitrogen and oxygen atoms in total. The lowest BCUT2D eigenvalue weighted by molar-refractivity contribution is 0.397. The molecule has 0 unspecified atom stereocenters. The number of ether oxygens (including phenoxy) is 2. The van der Waals surface area contributed by atoms with E-state index in [0.29, 0.717) is 0 Å². The summed E-state index contributed by atoms with van der Waals surface area (Å²) in [6.45, 7) is 0.850. The van der Waals surface area contributed by atoms with Gasteiger partial charge in [0.05, 0.1) is 18.9 Å². The molecule has 0 saturated carbocycles. The standard InChI is InChI=1S/C17H18N2O2S/c1-20-13-10-14(21-2)16-15(11-13)22-17(19-16)18-9-8-12-6-4-3-5-7-12/h3-7,10-11H,8-9H2,1-2H3,(H,18,19). The summed E-state index contributed by atoms with van der Waals surface area (Å²) in [5.41, 5.74) is 2.19. The molecule has 0 fully saturated rings. The van der Waals surface area contributed by atoms with E-state index in [4.69, 9.17) is 9.47 Å². The maximum absolute atomic E-state index is 5.39. The van der Waals surface area contributed by atoms with Gasteiger partial charge < -0.3 is 14.8 Å². The van der Waals surface area contributed by atoms with Crippen LogP contribution in [0.1, 0.15) is 5.56 Å². The lowest BCUT2D eigenvalue weighted by Gasteiger charge is -2.04. The molecular weight excluding hydrogens is 296 g/mol. The lowest BCUT2D eigenvalue weighted by Crippen LogP contribution is -2.04. The van der Waals surface area contributed by atoms with Gasteiger partial charge in [-0.3, -0.25) is 0 Å². The normalized spacial score (nSPS) is 10.6. The fourth-order valence-corrected chi connectivity index (χ4v) is 3.22. The van der Waals surface area contributed by atoms with Crippen molar-refractivity contribution in [3.05, 3.63) is 48.0 Å². The summed E-state index contributed by atoms with van der Waals surface area (Å²) in [5, 5.41) is 4.28. The molecule has 1 N–H and O–H groups in total. The predicted octanol–water partition coefficient (Wildman–Crippen LogP) is 3.97. The minimum atomic E-state index is 0.738. The second-order valence-electron chi connectivity index (χ2n) is 4.86. The van der Waals surface area contributed by atoms with Gasteiger partial charge in [0.1, 0.15) is 17.0 Å². The van der Waals surface area contributed by atoms with Crippen molar-refractivity contribution in [2.45, 2.75) is 6.42 Å². The van der Waals surface area contributed by atoms with Crippen LogP contribution in [-0.4, -0.2) is 25.7 Å². The molecule has 5 heteroatoms. The van der Waals surface area contributed by atoms with E-state index in [0.717, 1.165) is 39.8 Å². The topological polar surface area (TPSA) is 43.4 Å². The van der Waals surface area contributed by atoms with Gasteiger partial charge in [-0.15, -0.1) is 0 Å². The molecule has 0 aliphatic carbocycles. The van der Waals surface area contributed by atoms with Crippen LogP contribution < -0.4 is 14.8 Å². The van der Waals surface area contributed by atoms with Crippen molar-refractivity contribution < 1.29 is 9.47 Å². The molecule has 22 heavy (non-hydrogen) atoms. The number of aromatic nitrogens is 1. The third-order valence-corrected chi connectivity index (χ3v) is 4.38. The smallest absolute Gasteiger partial charge is 0.183 e. The SMILES string of the molecule is COc1cc(OC)c2nc(NCCc3ccccc3)sc2c1. The monoisotopic (exact) mass is 314 g/mol. The van der Waals surface area contributed by atoms with Crippen molar-refractivity contribution in [3.8, 4) is 11.5 Å². The van der Waals surface area contributed by atoms with Gasteiger partial charge in [0, 0.05) is 12.6 Å². The molecule has 114 valence electrons. The summed E-state index contributed by atoms with van der Waals surface area (Å²) >= 11 is 1.61. The highest BCUT2D eigenvalue weighted by Gasteiger charge is 2.11. The maximum Gasteiger partial charge on any atom is 0.183 e. The molecule has 3 aromatic rings. The number of rotatable bonds is 6. The van der Waals surface area contributed by atoms with E-state index in [-0.39, 0.29) is 0 Å². The summed E-state index contributed by atoms with van der Waals surface area (Å²) in [5.74, 6) is 1.52. The highest BCUT2D eigenvalue weighted by atomic mass is 32.1. The van der Waals surface area contributed by atoms with Crippen molar-refractivity contribution in [2.75, 3.05) is 26.1 Å². The second kappa shape index (κ2) is 6.66. The number of methoxy groups -OCH3 is 2. The van der Waals surface area contributed by atoms with Gasteiger partial charge in [0.15, 0.2) is 5.13 Å². The van der Waals surface area contributed by atoms with Gasteiger partial charge in [-0.2, -0.15) is 0 Å². The quantitative estimate of drug-likeness (QED) is 0.747. The Bertz CT molecular complexity index is 756.